The number of nitrogens with zero attached hydrogens (tertiary/aromatic N) is 3. The van der Waals surface area contributed by atoms with Crippen molar-refractivity contribution in [3.63, 3.8) is 0 Å². The normalized spacial score (nSPS) is 12.8. The van der Waals surface area contributed by atoms with Crippen molar-refractivity contribution in [2.75, 3.05) is 27.7 Å². The molecule has 28 heavy (non-hydrogen) atoms. The predicted molar refractivity (Wildman–Crippen MR) is 111 cm³/mol. The van der Waals surface area contributed by atoms with Gasteiger partial charge in [-0.05, 0) is 45.3 Å². The van der Waals surface area contributed by atoms with Gasteiger partial charge < -0.3 is 19.8 Å². The third-order valence-electron chi connectivity index (χ3n) is 4.96. The molecule has 1 unspecified atom stereocenters. The van der Waals surface area contributed by atoms with Gasteiger partial charge in [-0.2, -0.15) is 0 Å². The number of aromatic nitrogens is 2. The van der Waals surface area contributed by atoms with E-state index in [1.54, 1.807) is 7.11 Å². The number of fused-ring (bicyclic) bond motifs is 2. The average molecular weight is 376 g/mol. The number of ether oxygens (including phenoxy) is 1. The van der Waals surface area contributed by atoms with E-state index in [2.05, 4.69) is 4.90 Å². The van der Waals surface area contributed by atoms with Gasteiger partial charge in [-0.15, -0.1) is 0 Å². The Morgan fingerprint density at radius 2 is 1.93 bits per heavy atom. The molecule has 2 N–H and O–H groups in total. The molecule has 0 saturated carbocycles. The lowest BCUT2D eigenvalue weighted by atomic mass is 10.0. The quantitative estimate of drug-likeness (QED) is 0.548. The summed E-state index contributed by atoms with van der Waals surface area (Å²) in [5.41, 5.74) is 8.40. The summed E-state index contributed by atoms with van der Waals surface area (Å²) < 4.78 is 11.6. The molecule has 2 heterocycles. The molecule has 0 aliphatic rings. The summed E-state index contributed by atoms with van der Waals surface area (Å²) in [6.45, 7) is 0.568. The van der Waals surface area contributed by atoms with Crippen LogP contribution < -0.4 is 10.5 Å². The number of rotatable bonds is 6. The molecule has 144 valence electrons. The van der Waals surface area contributed by atoms with Crippen LogP contribution in [-0.4, -0.2) is 42.6 Å². The van der Waals surface area contributed by atoms with E-state index in [0.29, 0.717) is 23.9 Å². The second-order valence-corrected chi connectivity index (χ2v) is 6.99. The maximum atomic E-state index is 6.03. The molecular formula is C22H24N4O2. The molecule has 0 radical (unpaired) electrons. The van der Waals surface area contributed by atoms with Crippen LogP contribution in [0.15, 0.2) is 52.9 Å². The van der Waals surface area contributed by atoms with E-state index in [1.807, 2.05) is 62.6 Å². The van der Waals surface area contributed by atoms with Gasteiger partial charge in [-0.3, -0.25) is 0 Å². The third kappa shape index (κ3) is 3.21. The minimum Gasteiger partial charge on any atom is -0.494 e. The maximum Gasteiger partial charge on any atom is 0.196 e. The van der Waals surface area contributed by atoms with Crippen molar-refractivity contribution in [1.29, 1.82) is 0 Å². The Hall–Kier alpha value is -2.96. The molecule has 4 rings (SSSR count). The van der Waals surface area contributed by atoms with Gasteiger partial charge in [0, 0.05) is 10.8 Å². The Morgan fingerprint density at radius 1 is 1.11 bits per heavy atom. The molecule has 0 aliphatic carbocycles. The highest BCUT2D eigenvalue weighted by molar-refractivity contribution is 5.89. The lowest BCUT2D eigenvalue weighted by Crippen LogP contribution is -2.24. The topological polar surface area (TPSA) is 77.4 Å². The Labute approximate surface area is 163 Å². The maximum absolute atomic E-state index is 6.03. The highest BCUT2D eigenvalue weighted by Gasteiger charge is 2.22. The van der Waals surface area contributed by atoms with Gasteiger partial charge in [-0.25, -0.2) is 9.97 Å². The molecule has 2 aromatic carbocycles. The Bertz CT molecular complexity index is 1090. The molecular weight excluding hydrogens is 352 g/mol. The van der Waals surface area contributed by atoms with Crippen LogP contribution in [0.3, 0.4) is 0 Å². The number of hydrogen-bond donors (Lipinski definition) is 1. The molecule has 2 aromatic heterocycles. The van der Waals surface area contributed by atoms with E-state index in [0.717, 1.165) is 34.0 Å². The Kier molecular flexibility index (Phi) is 4.98. The van der Waals surface area contributed by atoms with Gasteiger partial charge in [0.15, 0.2) is 11.6 Å². The standard InChI is InChI=1S/C22H24N4O2/c1-26(2)16(11-12-23)20-15-8-6-10-18(27-3)21(15)25-22(24-20)19-13-14-7-4-5-9-17(14)28-19/h4-10,13,16H,11-12,23H2,1-3H3. The van der Waals surface area contributed by atoms with E-state index in [-0.39, 0.29) is 6.04 Å². The van der Waals surface area contributed by atoms with E-state index >= 15 is 0 Å². The monoisotopic (exact) mass is 376 g/mol. The zero-order valence-electron chi connectivity index (χ0n) is 16.3. The van der Waals surface area contributed by atoms with Crippen LogP contribution in [0.1, 0.15) is 18.2 Å². The van der Waals surface area contributed by atoms with E-state index < -0.39 is 0 Å². The summed E-state index contributed by atoms with van der Waals surface area (Å²) in [6, 6.07) is 15.8. The first-order chi connectivity index (χ1) is 13.6. The zero-order chi connectivity index (χ0) is 19.7. The van der Waals surface area contributed by atoms with Crippen molar-refractivity contribution >= 4 is 21.9 Å². The highest BCUT2D eigenvalue weighted by atomic mass is 16.5. The van der Waals surface area contributed by atoms with Crippen LogP contribution in [-0.2, 0) is 0 Å². The van der Waals surface area contributed by atoms with Crippen molar-refractivity contribution in [1.82, 2.24) is 14.9 Å². The van der Waals surface area contributed by atoms with Crippen LogP contribution in [0.2, 0.25) is 0 Å². The third-order valence-corrected chi connectivity index (χ3v) is 4.96. The summed E-state index contributed by atoms with van der Waals surface area (Å²) in [4.78, 5) is 11.9. The fourth-order valence-corrected chi connectivity index (χ4v) is 3.57. The minimum absolute atomic E-state index is 0.0609. The number of hydrogen-bond acceptors (Lipinski definition) is 6. The van der Waals surface area contributed by atoms with Crippen LogP contribution in [0.5, 0.6) is 5.75 Å². The molecule has 0 spiro atoms. The number of methoxy groups -OCH3 is 1. The zero-order valence-corrected chi connectivity index (χ0v) is 16.3. The van der Waals surface area contributed by atoms with Crippen molar-refractivity contribution in [3.05, 3.63) is 54.2 Å². The summed E-state index contributed by atoms with van der Waals surface area (Å²) in [6.07, 6.45) is 0.788. The first-order valence-electron chi connectivity index (χ1n) is 9.32. The predicted octanol–water partition coefficient (Wildman–Crippen LogP) is 4.00. The smallest absolute Gasteiger partial charge is 0.196 e. The summed E-state index contributed by atoms with van der Waals surface area (Å²) >= 11 is 0. The van der Waals surface area contributed by atoms with Crippen LogP contribution in [0.25, 0.3) is 33.5 Å². The molecule has 0 aliphatic heterocycles. The Morgan fingerprint density at radius 3 is 2.64 bits per heavy atom. The lowest BCUT2D eigenvalue weighted by Gasteiger charge is -2.25. The molecule has 6 heteroatoms. The summed E-state index contributed by atoms with van der Waals surface area (Å²) in [7, 11) is 5.73. The van der Waals surface area contributed by atoms with Gasteiger partial charge in [-0.1, -0.05) is 30.3 Å². The second-order valence-electron chi connectivity index (χ2n) is 6.99. The molecule has 0 amide bonds. The molecule has 0 saturated heterocycles. The molecule has 4 aromatic rings. The first-order valence-corrected chi connectivity index (χ1v) is 9.32. The Balaban J connectivity index is 1.99. The minimum atomic E-state index is 0.0609. The molecule has 0 bridgehead atoms. The summed E-state index contributed by atoms with van der Waals surface area (Å²) in [5.74, 6) is 1.90. The number of furan rings is 1. The average Bonchev–Trinajstić information content (AvgIpc) is 3.15. The molecule has 1 atom stereocenters. The van der Waals surface area contributed by atoms with E-state index in [4.69, 9.17) is 24.9 Å². The van der Waals surface area contributed by atoms with Gasteiger partial charge >= 0.3 is 0 Å². The molecule has 0 fully saturated rings. The molecule has 6 nitrogen and oxygen atoms in total. The van der Waals surface area contributed by atoms with Crippen molar-refractivity contribution < 1.29 is 9.15 Å². The van der Waals surface area contributed by atoms with Gasteiger partial charge in [0.05, 0.1) is 18.8 Å². The van der Waals surface area contributed by atoms with Crippen LogP contribution >= 0.6 is 0 Å². The van der Waals surface area contributed by atoms with Gasteiger partial charge in [0.2, 0.25) is 0 Å². The summed E-state index contributed by atoms with van der Waals surface area (Å²) in [5, 5.41) is 1.99. The van der Waals surface area contributed by atoms with Crippen molar-refractivity contribution in [3.8, 4) is 17.3 Å². The lowest BCUT2D eigenvalue weighted by molar-refractivity contribution is 0.283. The fraction of sp³-hybridized carbons (Fsp3) is 0.273. The fourth-order valence-electron chi connectivity index (χ4n) is 3.57. The van der Waals surface area contributed by atoms with Crippen LogP contribution in [0, 0.1) is 0 Å². The number of nitrogens with two attached hydrogens (primary N) is 1. The number of benzene rings is 2. The SMILES string of the molecule is COc1cccc2c(C(CCN)N(C)C)nc(-c3cc4ccccc4o3)nc12. The van der Waals surface area contributed by atoms with E-state index in [9.17, 15) is 0 Å². The van der Waals surface area contributed by atoms with Gasteiger partial charge in [0.25, 0.3) is 0 Å². The van der Waals surface area contributed by atoms with Crippen LogP contribution in [0.4, 0.5) is 0 Å². The van der Waals surface area contributed by atoms with Crippen molar-refractivity contribution in [2.45, 2.75) is 12.5 Å². The van der Waals surface area contributed by atoms with Crippen molar-refractivity contribution in [2.24, 2.45) is 5.73 Å². The first kappa shape index (κ1) is 18.4. The van der Waals surface area contributed by atoms with Gasteiger partial charge in [0.1, 0.15) is 16.8 Å². The van der Waals surface area contributed by atoms with E-state index in [1.165, 1.54) is 0 Å². The number of para-hydroxylation sites is 2. The second kappa shape index (κ2) is 7.58. The highest BCUT2D eigenvalue weighted by Crippen LogP contribution is 2.34. The largest absolute Gasteiger partial charge is 0.494 e.